The number of carbonyl (C=O) groups excluding carboxylic acids is 1. The molecule has 0 aromatic rings. The summed E-state index contributed by atoms with van der Waals surface area (Å²) in [5.41, 5.74) is -0.0656. The van der Waals surface area contributed by atoms with Crippen molar-refractivity contribution in [3.05, 3.63) is 0 Å². The first-order chi connectivity index (χ1) is 5.08. The summed E-state index contributed by atoms with van der Waals surface area (Å²) < 4.78 is 0. The summed E-state index contributed by atoms with van der Waals surface area (Å²) in [6.07, 6.45) is 3.40. The van der Waals surface area contributed by atoms with Crippen molar-refractivity contribution < 1.29 is 9.90 Å². The van der Waals surface area contributed by atoms with Gasteiger partial charge >= 0.3 is 0 Å². The number of hydrogen-bond donors (Lipinski definition) is 1. The van der Waals surface area contributed by atoms with Crippen molar-refractivity contribution in [3.8, 4) is 0 Å². The lowest BCUT2D eigenvalue weighted by molar-refractivity contribution is -0.120. The van der Waals surface area contributed by atoms with Crippen molar-refractivity contribution in [2.75, 3.05) is 0 Å². The van der Waals surface area contributed by atoms with E-state index < -0.39 is 6.10 Å². The molecule has 1 N–H and O–H groups in total. The largest absolute Gasteiger partial charge is 0.392 e. The maximum Gasteiger partial charge on any atom is 0.125 e. The molecule has 0 heterocycles. The quantitative estimate of drug-likeness (QED) is 0.582. The first-order valence-corrected chi connectivity index (χ1v) is 4.21. The molecule has 2 unspecified atom stereocenters. The molecule has 1 saturated carbocycles. The summed E-state index contributed by atoms with van der Waals surface area (Å²) >= 11 is 0. The third kappa shape index (κ3) is 1.62. The SMILES string of the molecule is CC1(C)CCCC(C=O)C1O. The van der Waals surface area contributed by atoms with Crippen LogP contribution in [0.25, 0.3) is 0 Å². The van der Waals surface area contributed by atoms with Gasteiger partial charge in [-0.2, -0.15) is 0 Å². The minimum atomic E-state index is -0.436. The van der Waals surface area contributed by atoms with Crippen molar-refractivity contribution >= 4 is 6.29 Å². The standard InChI is InChI=1S/C9H16O2/c1-9(2)5-3-4-7(6-10)8(9)11/h6-8,11H,3-5H2,1-2H3. The minimum absolute atomic E-state index is 0.0656. The molecule has 1 rings (SSSR count). The molecular formula is C9H16O2. The van der Waals surface area contributed by atoms with Gasteiger partial charge in [0.05, 0.1) is 6.10 Å². The summed E-state index contributed by atoms with van der Waals surface area (Å²) in [7, 11) is 0. The van der Waals surface area contributed by atoms with E-state index in [1.54, 1.807) is 0 Å². The lowest BCUT2D eigenvalue weighted by Crippen LogP contribution is -2.40. The first-order valence-electron chi connectivity index (χ1n) is 4.21. The van der Waals surface area contributed by atoms with Gasteiger partial charge in [-0.25, -0.2) is 0 Å². The van der Waals surface area contributed by atoms with E-state index in [2.05, 4.69) is 0 Å². The molecule has 0 radical (unpaired) electrons. The zero-order chi connectivity index (χ0) is 8.48. The van der Waals surface area contributed by atoms with E-state index in [9.17, 15) is 9.90 Å². The maximum atomic E-state index is 10.5. The van der Waals surface area contributed by atoms with Crippen LogP contribution in [-0.2, 0) is 4.79 Å². The fourth-order valence-corrected chi connectivity index (χ4v) is 1.82. The minimum Gasteiger partial charge on any atom is -0.392 e. The molecule has 1 aliphatic rings. The molecule has 1 aliphatic carbocycles. The Labute approximate surface area is 67.6 Å². The normalized spacial score (nSPS) is 36.6. The van der Waals surface area contributed by atoms with Crippen LogP contribution in [-0.4, -0.2) is 17.5 Å². The molecule has 0 aromatic carbocycles. The van der Waals surface area contributed by atoms with Crippen LogP contribution in [0.1, 0.15) is 33.1 Å². The van der Waals surface area contributed by atoms with E-state index in [1.807, 2.05) is 13.8 Å². The van der Waals surface area contributed by atoms with E-state index >= 15 is 0 Å². The van der Waals surface area contributed by atoms with Gasteiger partial charge in [0.1, 0.15) is 6.29 Å². The van der Waals surface area contributed by atoms with Crippen molar-refractivity contribution in [2.45, 2.75) is 39.2 Å². The zero-order valence-corrected chi connectivity index (χ0v) is 7.21. The predicted octanol–water partition coefficient (Wildman–Crippen LogP) is 1.37. The van der Waals surface area contributed by atoms with Crippen LogP contribution in [0.2, 0.25) is 0 Å². The molecule has 2 atom stereocenters. The monoisotopic (exact) mass is 156 g/mol. The fraction of sp³-hybridized carbons (Fsp3) is 0.889. The van der Waals surface area contributed by atoms with Gasteiger partial charge in [0.2, 0.25) is 0 Å². The first kappa shape index (κ1) is 8.72. The smallest absolute Gasteiger partial charge is 0.125 e. The van der Waals surface area contributed by atoms with Gasteiger partial charge in [-0.3, -0.25) is 0 Å². The number of aldehydes is 1. The van der Waals surface area contributed by atoms with E-state index in [0.29, 0.717) is 0 Å². The zero-order valence-electron chi connectivity index (χ0n) is 7.21. The molecule has 0 amide bonds. The van der Waals surface area contributed by atoms with Gasteiger partial charge in [-0.05, 0) is 18.3 Å². The van der Waals surface area contributed by atoms with Crippen molar-refractivity contribution in [2.24, 2.45) is 11.3 Å². The Hall–Kier alpha value is -0.370. The number of aliphatic hydroxyl groups excluding tert-OH is 1. The second-order valence-electron chi connectivity index (χ2n) is 4.13. The average molecular weight is 156 g/mol. The van der Waals surface area contributed by atoms with Crippen molar-refractivity contribution in [1.82, 2.24) is 0 Å². The Morgan fingerprint density at radius 2 is 2.18 bits per heavy atom. The summed E-state index contributed by atoms with van der Waals surface area (Å²) in [5, 5.41) is 9.67. The second-order valence-corrected chi connectivity index (χ2v) is 4.13. The number of hydrogen-bond acceptors (Lipinski definition) is 2. The number of rotatable bonds is 1. The van der Waals surface area contributed by atoms with Crippen molar-refractivity contribution in [1.29, 1.82) is 0 Å². The summed E-state index contributed by atoms with van der Waals surface area (Å²) in [6, 6.07) is 0. The Balaban J connectivity index is 2.67. The Kier molecular flexibility index (Phi) is 2.33. The predicted molar refractivity (Wildman–Crippen MR) is 43.2 cm³/mol. The van der Waals surface area contributed by atoms with E-state index in [0.717, 1.165) is 25.5 Å². The van der Waals surface area contributed by atoms with Crippen LogP contribution in [0.3, 0.4) is 0 Å². The molecule has 0 aromatic heterocycles. The van der Waals surface area contributed by atoms with E-state index in [-0.39, 0.29) is 11.3 Å². The summed E-state index contributed by atoms with van der Waals surface area (Å²) in [6.45, 7) is 4.04. The highest BCUT2D eigenvalue weighted by atomic mass is 16.3. The van der Waals surface area contributed by atoms with Gasteiger partial charge in [0, 0.05) is 5.92 Å². The highest BCUT2D eigenvalue weighted by Crippen LogP contribution is 2.37. The molecular weight excluding hydrogens is 140 g/mol. The van der Waals surface area contributed by atoms with Crippen LogP contribution in [0, 0.1) is 11.3 Å². The molecule has 0 spiro atoms. The van der Waals surface area contributed by atoms with Crippen molar-refractivity contribution in [3.63, 3.8) is 0 Å². The van der Waals surface area contributed by atoms with E-state index in [4.69, 9.17) is 0 Å². The Bertz CT molecular complexity index is 152. The van der Waals surface area contributed by atoms with Gasteiger partial charge < -0.3 is 9.90 Å². The van der Waals surface area contributed by atoms with E-state index in [1.165, 1.54) is 0 Å². The van der Waals surface area contributed by atoms with Gasteiger partial charge in [0.25, 0.3) is 0 Å². The highest BCUT2D eigenvalue weighted by molar-refractivity contribution is 5.55. The van der Waals surface area contributed by atoms with Crippen LogP contribution >= 0.6 is 0 Å². The number of aliphatic hydroxyl groups is 1. The van der Waals surface area contributed by atoms with Gasteiger partial charge in [-0.15, -0.1) is 0 Å². The summed E-state index contributed by atoms with van der Waals surface area (Å²) in [4.78, 5) is 10.5. The fourth-order valence-electron chi connectivity index (χ4n) is 1.82. The molecule has 1 fully saturated rings. The molecule has 0 aliphatic heterocycles. The van der Waals surface area contributed by atoms with Gasteiger partial charge in [0.15, 0.2) is 0 Å². The molecule has 11 heavy (non-hydrogen) atoms. The molecule has 64 valence electrons. The third-order valence-corrected chi connectivity index (χ3v) is 2.74. The van der Waals surface area contributed by atoms with Crippen LogP contribution in [0.5, 0.6) is 0 Å². The molecule has 0 bridgehead atoms. The lowest BCUT2D eigenvalue weighted by atomic mass is 9.70. The van der Waals surface area contributed by atoms with Crippen LogP contribution in [0.4, 0.5) is 0 Å². The topological polar surface area (TPSA) is 37.3 Å². The number of carbonyl (C=O) groups is 1. The Morgan fingerprint density at radius 3 is 2.64 bits per heavy atom. The van der Waals surface area contributed by atoms with Gasteiger partial charge in [-0.1, -0.05) is 20.3 Å². The highest BCUT2D eigenvalue weighted by Gasteiger charge is 2.37. The third-order valence-electron chi connectivity index (χ3n) is 2.74. The summed E-state index contributed by atoms with van der Waals surface area (Å²) in [5.74, 6) is -0.126. The lowest BCUT2D eigenvalue weighted by Gasteiger charge is -2.38. The molecule has 2 heteroatoms. The maximum absolute atomic E-state index is 10.5. The second kappa shape index (κ2) is 2.94. The van der Waals surface area contributed by atoms with Crippen LogP contribution < -0.4 is 0 Å². The van der Waals surface area contributed by atoms with Crippen LogP contribution in [0.15, 0.2) is 0 Å². The molecule has 2 nitrogen and oxygen atoms in total. The average Bonchev–Trinajstić information content (AvgIpc) is 1.95. The molecule has 0 saturated heterocycles. The Morgan fingerprint density at radius 1 is 1.55 bits per heavy atom.